The number of aliphatic carboxylic acids is 1. The summed E-state index contributed by atoms with van der Waals surface area (Å²) in [6.45, 7) is 1.87. The Labute approximate surface area is 117 Å². The van der Waals surface area contributed by atoms with Crippen molar-refractivity contribution in [1.29, 1.82) is 5.26 Å². The van der Waals surface area contributed by atoms with Crippen molar-refractivity contribution in [2.24, 2.45) is 11.8 Å². The van der Waals surface area contributed by atoms with Crippen LogP contribution in [-0.2, 0) is 14.8 Å². The molecule has 1 aromatic carbocycles. The van der Waals surface area contributed by atoms with Gasteiger partial charge in [-0.25, -0.2) is 8.42 Å². The van der Waals surface area contributed by atoms with E-state index in [4.69, 9.17) is 10.4 Å². The second-order valence-electron chi connectivity index (χ2n) is 4.88. The SMILES string of the molecule is CC1CN(S(=O)(=O)c2cccc(C#N)c2)CC1C(=O)O. The van der Waals surface area contributed by atoms with E-state index in [-0.39, 0.29) is 29.5 Å². The lowest BCUT2D eigenvalue weighted by molar-refractivity contribution is -0.142. The van der Waals surface area contributed by atoms with Crippen molar-refractivity contribution in [1.82, 2.24) is 4.31 Å². The van der Waals surface area contributed by atoms with Gasteiger partial charge in [0.25, 0.3) is 0 Å². The molecule has 20 heavy (non-hydrogen) atoms. The Bertz CT molecular complexity index is 678. The number of hydrogen-bond acceptors (Lipinski definition) is 4. The van der Waals surface area contributed by atoms with E-state index in [2.05, 4.69) is 0 Å². The second-order valence-corrected chi connectivity index (χ2v) is 6.82. The molecule has 1 aromatic rings. The van der Waals surface area contributed by atoms with Crippen LogP contribution in [0, 0.1) is 23.2 Å². The van der Waals surface area contributed by atoms with Crippen LogP contribution < -0.4 is 0 Å². The van der Waals surface area contributed by atoms with Gasteiger partial charge >= 0.3 is 5.97 Å². The maximum absolute atomic E-state index is 12.4. The third-order valence-electron chi connectivity index (χ3n) is 3.50. The summed E-state index contributed by atoms with van der Waals surface area (Å²) in [5.41, 5.74) is 0.258. The maximum atomic E-state index is 12.4. The highest BCUT2D eigenvalue weighted by molar-refractivity contribution is 7.89. The zero-order chi connectivity index (χ0) is 14.9. The average molecular weight is 294 g/mol. The molecule has 0 saturated carbocycles. The normalized spacial score (nSPS) is 23.4. The Balaban J connectivity index is 2.32. The number of sulfonamides is 1. The first-order valence-corrected chi connectivity index (χ1v) is 7.53. The van der Waals surface area contributed by atoms with Crippen LogP contribution in [0.15, 0.2) is 29.2 Å². The molecule has 106 valence electrons. The summed E-state index contributed by atoms with van der Waals surface area (Å²) in [6, 6.07) is 7.62. The molecule has 1 aliphatic heterocycles. The minimum atomic E-state index is -3.75. The molecule has 0 spiro atoms. The molecule has 0 aliphatic carbocycles. The highest BCUT2D eigenvalue weighted by atomic mass is 32.2. The molecule has 2 unspecified atom stereocenters. The van der Waals surface area contributed by atoms with Gasteiger partial charge in [-0.3, -0.25) is 4.79 Å². The third kappa shape index (κ3) is 2.53. The fraction of sp³-hybridized carbons (Fsp3) is 0.385. The molecule has 0 radical (unpaired) electrons. The van der Waals surface area contributed by atoms with E-state index < -0.39 is 21.9 Å². The van der Waals surface area contributed by atoms with E-state index in [9.17, 15) is 13.2 Å². The first-order valence-electron chi connectivity index (χ1n) is 6.09. The van der Waals surface area contributed by atoms with Crippen LogP contribution in [0.4, 0.5) is 0 Å². The van der Waals surface area contributed by atoms with Crippen LogP contribution in [0.25, 0.3) is 0 Å². The van der Waals surface area contributed by atoms with E-state index in [0.717, 1.165) is 0 Å². The first kappa shape index (κ1) is 14.5. The van der Waals surface area contributed by atoms with Gasteiger partial charge in [-0.2, -0.15) is 9.57 Å². The monoisotopic (exact) mass is 294 g/mol. The van der Waals surface area contributed by atoms with Gasteiger partial charge in [0.1, 0.15) is 0 Å². The van der Waals surface area contributed by atoms with Gasteiger partial charge in [0.15, 0.2) is 0 Å². The van der Waals surface area contributed by atoms with E-state index in [0.29, 0.717) is 0 Å². The lowest BCUT2D eigenvalue weighted by atomic mass is 9.99. The minimum absolute atomic E-state index is 0.0230. The van der Waals surface area contributed by atoms with Crippen molar-refractivity contribution < 1.29 is 18.3 Å². The summed E-state index contributed by atoms with van der Waals surface area (Å²) < 4.78 is 26.1. The highest BCUT2D eigenvalue weighted by Crippen LogP contribution is 2.28. The van der Waals surface area contributed by atoms with E-state index >= 15 is 0 Å². The number of carboxylic acids is 1. The average Bonchev–Trinajstić information content (AvgIpc) is 2.82. The predicted octanol–water partition coefficient (Wildman–Crippen LogP) is 0.899. The number of carboxylic acid groups (broad SMARTS) is 1. The van der Waals surface area contributed by atoms with Gasteiger partial charge in [-0.15, -0.1) is 0 Å². The standard InChI is InChI=1S/C13H14N2O4S/c1-9-7-15(8-12(9)13(16)17)20(18,19)11-4-2-3-10(5-11)6-14/h2-5,9,12H,7-8H2,1H3,(H,16,17). The lowest BCUT2D eigenvalue weighted by Crippen LogP contribution is -2.30. The van der Waals surface area contributed by atoms with Crippen LogP contribution >= 0.6 is 0 Å². The Hall–Kier alpha value is -1.91. The molecule has 1 saturated heterocycles. The summed E-state index contributed by atoms with van der Waals surface area (Å²) in [5, 5.41) is 17.9. The molecular formula is C13H14N2O4S. The summed E-state index contributed by atoms with van der Waals surface area (Å²) in [7, 11) is -3.75. The third-order valence-corrected chi connectivity index (χ3v) is 5.32. The van der Waals surface area contributed by atoms with Gasteiger partial charge in [0, 0.05) is 13.1 Å². The number of carbonyl (C=O) groups is 1. The maximum Gasteiger partial charge on any atom is 0.308 e. The molecule has 0 aromatic heterocycles. The number of benzene rings is 1. The summed E-state index contributed by atoms with van der Waals surface area (Å²) in [5.74, 6) is -1.91. The summed E-state index contributed by atoms with van der Waals surface area (Å²) in [4.78, 5) is 11.1. The van der Waals surface area contributed by atoms with Gasteiger partial charge in [-0.05, 0) is 24.1 Å². The molecule has 1 N–H and O–H groups in total. The molecule has 2 atom stereocenters. The van der Waals surface area contributed by atoms with E-state index in [1.807, 2.05) is 6.07 Å². The topological polar surface area (TPSA) is 98.5 Å². The zero-order valence-electron chi connectivity index (χ0n) is 10.9. The van der Waals surface area contributed by atoms with Crippen molar-refractivity contribution >= 4 is 16.0 Å². The van der Waals surface area contributed by atoms with Crippen molar-refractivity contribution in [3.63, 3.8) is 0 Å². The summed E-state index contributed by atoms with van der Waals surface area (Å²) >= 11 is 0. The van der Waals surface area contributed by atoms with Gasteiger partial charge in [0.2, 0.25) is 10.0 Å². The molecule has 1 aliphatic rings. The first-order chi connectivity index (χ1) is 9.36. The smallest absolute Gasteiger partial charge is 0.308 e. The van der Waals surface area contributed by atoms with Gasteiger partial charge in [0.05, 0.1) is 22.4 Å². The highest BCUT2D eigenvalue weighted by Gasteiger charge is 2.40. The van der Waals surface area contributed by atoms with Gasteiger partial charge in [-0.1, -0.05) is 13.0 Å². The number of nitriles is 1. The second kappa shape index (κ2) is 5.23. The predicted molar refractivity (Wildman–Crippen MR) is 70.2 cm³/mol. The molecule has 0 amide bonds. The molecule has 1 heterocycles. The number of rotatable bonds is 3. The lowest BCUT2D eigenvalue weighted by Gasteiger charge is -2.16. The quantitative estimate of drug-likeness (QED) is 0.893. The Morgan fingerprint density at radius 3 is 2.70 bits per heavy atom. The van der Waals surface area contributed by atoms with E-state index in [1.54, 1.807) is 6.92 Å². The van der Waals surface area contributed by atoms with Crippen molar-refractivity contribution in [3.05, 3.63) is 29.8 Å². The molecule has 1 fully saturated rings. The molecule has 6 nitrogen and oxygen atoms in total. The summed E-state index contributed by atoms with van der Waals surface area (Å²) in [6.07, 6.45) is 0. The van der Waals surface area contributed by atoms with Crippen molar-refractivity contribution in [3.8, 4) is 6.07 Å². The van der Waals surface area contributed by atoms with Crippen molar-refractivity contribution in [2.75, 3.05) is 13.1 Å². The fourth-order valence-electron chi connectivity index (χ4n) is 2.32. The Morgan fingerprint density at radius 2 is 2.15 bits per heavy atom. The van der Waals surface area contributed by atoms with Gasteiger partial charge < -0.3 is 5.11 Å². The minimum Gasteiger partial charge on any atom is -0.481 e. The molecule has 7 heteroatoms. The number of hydrogen-bond donors (Lipinski definition) is 1. The largest absolute Gasteiger partial charge is 0.481 e. The van der Waals surface area contributed by atoms with Crippen LogP contribution in [0.2, 0.25) is 0 Å². The van der Waals surface area contributed by atoms with Crippen molar-refractivity contribution in [2.45, 2.75) is 11.8 Å². The van der Waals surface area contributed by atoms with Crippen LogP contribution in [0.1, 0.15) is 12.5 Å². The van der Waals surface area contributed by atoms with Crippen LogP contribution in [0.3, 0.4) is 0 Å². The fourth-order valence-corrected chi connectivity index (χ4v) is 3.93. The Morgan fingerprint density at radius 1 is 1.45 bits per heavy atom. The number of nitrogens with zero attached hydrogens (tertiary/aromatic N) is 2. The Kier molecular flexibility index (Phi) is 3.79. The van der Waals surface area contributed by atoms with Crippen LogP contribution in [-0.4, -0.2) is 36.9 Å². The molecule has 0 bridgehead atoms. The van der Waals surface area contributed by atoms with E-state index in [1.165, 1.54) is 28.6 Å². The molecule has 2 rings (SSSR count). The molecular weight excluding hydrogens is 280 g/mol. The zero-order valence-corrected chi connectivity index (χ0v) is 11.7. The van der Waals surface area contributed by atoms with Crippen LogP contribution in [0.5, 0.6) is 0 Å².